The van der Waals surface area contributed by atoms with E-state index < -0.39 is 11.9 Å². The fraction of sp³-hybridized carbons (Fsp3) is 0.211. The Kier molecular flexibility index (Phi) is 4.45. The average molecular weight is 368 g/mol. The molecule has 7 nitrogen and oxygen atoms in total. The topological polar surface area (TPSA) is 78.3 Å². The van der Waals surface area contributed by atoms with Gasteiger partial charge in [0.25, 0.3) is 0 Å². The maximum Gasteiger partial charge on any atom is 0.407 e. The monoisotopic (exact) mass is 368 g/mol. The van der Waals surface area contributed by atoms with E-state index in [-0.39, 0.29) is 12.5 Å². The molecule has 1 N–H and O–H groups in total. The van der Waals surface area contributed by atoms with E-state index in [1.807, 2.05) is 24.3 Å². The molecule has 0 radical (unpaired) electrons. The maximum atomic E-state index is 14.0. The third-order valence-electron chi connectivity index (χ3n) is 4.42. The van der Waals surface area contributed by atoms with Crippen molar-refractivity contribution in [3.8, 4) is 11.4 Å². The quantitative estimate of drug-likeness (QED) is 0.766. The van der Waals surface area contributed by atoms with E-state index in [2.05, 4.69) is 20.1 Å². The molecule has 0 aliphatic carbocycles. The van der Waals surface area contributed by atoms with Crippen LogP contribution in [-0.2, 0) is 11.3 Å². The standard InChI is InChI=1S/C19H17FN4O3/c1-26-19(25)21-9-12-8-13(6-7-16(12)20)24-11-22-18(23-24)15-10-27-17-5-3-2-4-14(15)17/h2-8,11,15H,9-10H2,1H3,(H,21,25). The van der Waals surface area contributed by atoms with Crippen LogP contribution >= 0.6 is 0 Å². The van der Waals surface area contributed by atoms with Crippen molar-refractivity contribution in [2.24, 2.45) is 0 Å². The molecule has 2 heterocycles. The highest BCUT2D eigenvalue weighted by atomic mass is 19.1. The van der Waals surface area contributed by atoms with Crippen molar-refractivity contribution < 1.29 is 18.7 Å². The molecule has 1 unspecified atom stereocenters. The number of para-hydroxylation sites is 1. The van der Waals surface area contributed by atoms with Crippen molar-refractivity contribution in [3.05, 3.63) is 71.6 Å². The SMILES string of the molecule is COC(=O)NCc1cc(-n2cnc(C3COc4ccccc43)n2)ccc1F. The number of amides is 1. The summed E-state index contributed by atoms with van der Waals surface area (Å²) in [6.07, 6.45) is 0.962. The van der Waals surface area contributed by atoms with Crippen molar-refractivity contribution in [2.45, 2.75) is 12.5 Å². The molecular weight excluding hydrogens is 351 g/mol. The minimum absolute atomic E-state index is 0.0116. The van der Waals surface area contributed by atoms with E-state index in [1.165, 1.54) is 13.2 Å². The number of carbonyl (C=O) groups is 1. The number of benzene rings is 2. The molecule has 4 rings (SSSR count). The van der Waals surface area contributed by atoms with Gasteiger partial charge < -0.3 is 14.8 Å². The fourth-order valence-electron chi connectivity index (χ4n) is 3.01. The molecule has 2 aromatic carbocycles. The minimum Gasteiger partial charge on any atom is -0.492 e. The number of hydrogen-bond acceptors (Lipinski definition) is 5. The van der Waals surface area contributed by atoms with Crippen molar-refractivity contribution in [3.63, 3.8) is 0 Å². The van der Waals surface area contributed by atoms with Gasteiger partial charge >= 0.3 is 6.09 Å². The van der Waals surface area contributed by atoms with Gasteiger partial charge in [-0.1, -0.05) is 18.2 Å². The Labute approximate surface area is 154 Å². The van der Waals surface area contributed by atoms with Crippen LogP contribution < -0.4 is 10.1 Å². The Morgan fingerprint density at radius 1 is 1.37 bits per heavy atom. The van der Waals surface area contributed by atoms with Gasteiger partial charge in [-0.2, -0.15) is 5.10 Å². The average Bonchev–Trinajstić information content (AvgIpc) is 3.34. The zero-order valence-corrected chi connectivity index (χ0v) is 14.6. The highest BCUT2D eigenvalue weighted by Crippen LogP contribution is 2.36. The number of nitrogens with one attached hydrogen (secondary N) is 1. The highest BCUT2D eigenvalue weighted by molar-refractivity contribution is 5.66. The Morgan fingerprint density at radius 3 is 3.07 bits per heavy atom. The zero-order valence-electron chi connectivity index (χ0n) is 14.6. The summed E-state index contributed by atoms with van der Waals surface area (Å²) in [5.41, 5.74) is 2.02. The smallest absolute Gasteiger partial charge is 0.407 e. The van der Waals surface area contributed by atoms with Gasteiger partial charge in [-0.25, -0.2) is 18.9 Å². The first-order chi connectivity index (χ1) is 13.2. The van der Waals surface area contributed by atoms with E-state index >= 15 is 0 Å². The predicted molar refractivity (Wildman–Crippen MR) is 94.3 cm³/mol. The minimum atomic E-state index is -0.622. The van der Waals surface area contributed by atoms with E-state index in [0.717, 1.165) is 11.3 Å². The fourth-order valence-corrected chi connectivity index (χ4v) is 3.01. The van der Waals surface area contributed by atoms with E-state index in [0.29, 0.717) is 23.7 Å². The number of aromatic nitrogens is 3. The number of alkyl carbamates (subject to hydrolysis) is 1. The van der Waals surface area contributed by atoms with Crippen LogP contribution in [0.4, 0.5) is 9.18 Å². The molecule has 1 aromatic heterocycles. The number of rotatable bonds is 4. The summed E-state index contributed by atoms with van der Waals surface area (Å²) in [5.74, 6) is 1.02. The number of carbonyl (C=O) groups excluding carboxylic acids is 1. The first kappa shape index (κ1) is 17.0. The highest BCUT2D eigenvalue weighted by Gasteiger charge is 2.28. The lowest BCUT2D eigenvalue weighted by molar-refractivity contribution is 0.170. The molecule has 1 aliphatic rings. The van der Waals surface area contributed by atoms with Crippen LogP contribution in [0.25, 0.3) is 5.69 Å². The van der Waals surface area contributed by atoms with Gasteiger partial charge in [0.15, 0.2) is 5.82 Å². The van der Waals surface area contributed by atoms with Crippen molar-refractivity contribution in [2.75, 3.05) is 13.7 Å². The lowest BCUT2D eigenvalue weighted by Gasteiger charge is -2.08. The van der Waals surface area contributed by atoms with Gasteiger partial charge in [-0.05, 0) is 24.3 Å². The molecule has 0 saturated carbocycles. The van der Waals surface area contributed by atoms with Gasteiger partial charge in [0.1, 0.15) is 24.5 Å². The molecule has 0 bridgehead atoms. The summed E-state index contributed by atoms with van der Waals surface area (Å²) < 4.78 is 25.8. The Bertz CT molecular complexity index is 989. The Balaban J connectivity index is 1.58. The molecule has 27 heavy (non-hydrogen) atoms. The van der Waals surface area contributed by atoms with Crippen LogP contribution in [0, 0.1) is 5.82 Å². The summed E-state index contributed by atoms with van der Waals surface area (Å²) in [6.45, 7) is 0.499. The molecule has 1 aliphatic heterocycles. The summed E-state index contributed by atoms with van der Waals surface area (Å²) >= 11 is 0. The van der Waals surface area contributed by atoms with Crippen molar-refractivity contribution >= 4 is 6.09 Å². The summed E-state index contributed by atoms with van der Waals surface area (Å²) in [7, 11) is 1.25. The lowest BCUT2D eigenvalue weighted by Crippen LogP contribution is -2.23. The van der Waals surface area contributed by atoms with Gasteiger partial charge in [-0.15, -0.1) is 0 Å². The van der Waals surface area contributed by atoms with Crippen LogP contribution in [0.5, 0.6) is 5.75 Å². The first-order valence-corrected chi connectivity index (χ1v) is 8.39. The molecule has 0 fully saturated rings. The summed E-state index contributed by atoms with van der Waals surface area (Å²) in [5, 5.41) is 7.00. The summed E-state index contributed by atoms with van der Waals surface area (Å²) in [4.78, 5) is 15.6. The summed E-state index contributed by atoms with van der Waals surface area (Å²) in [6, 6.07) is 12.4. The molecule has 0 saturated heterocycles. The van der Waals surface area contributed by atoms with Gasteiger partial charge in [0.2, 0.25) is 0 Å². The van der Waals surface area contributed by atoms with Gasteiger partial charge in [0.05, 0.1) is 18.7 Å². The Hall–Kier alpha value is -3.42. The van der Waals surface area contributed by atoms with Crippen LogP contribution in [0.3, 0.4) is 0 Å². The van der Waals surface area contributed by atoms with Crippen LogP contribution in [0.1, 0.15) is 22.9 Å². The normalized spacial score (nSPS) is 15.1. The largest absolute Gasteiger partial charge is 0.492 e. The van der Waals surface area contributed by atoms with Gasteiger partial charge in [-0.3, -0.25) is 0 Å². The maximum absolute atomic E-state index is 14.0. The van der Waals surface area contributed by atoms with E-state index in [4.69, 9.17) is 4.74 Å². The number of methoxy groups -OCH3 is 1. The predicted octanol–water partition coefficient (Wildman–Crippen LogP) is 2.79. The third kappa shape index (κ3) is 3.33. The second kappa shape index (κ2) is 7.06. The molecule has 1 amide bonds. The number of halogens is 1. The first-order valence-electron chi connectivity index (χ1n) is 8.39. The van der Waals surface area contributed by atoms with E-state index in [1.54, 1.807) is 23.1 Å². The van der Waals surface area contributed by atoms with E-state index in [9.17, 15) is 9.18 Å². The molecule has 3 aromatic rings. The molecule has 138 valence electrons. The second-order valence-electron chi connectivity index (χ2n) is 6.07. The van der Waals surface area contributed by atoms with Gasteiger partial charge in [0, 0.05) is 17.7 Å². The number of nitrogens with zero attached hydrogens (tertiary/aromatic N) is 3. The molecule has 8 heteroatoms. The third-order valence-corrected chi connectivity index (χ3v) is 4.42. The number of fused-ring (bicyclic) bond motifs is 1. The second-order valence-corrected chi connectivity index (χ2v) is 6.07. The lowest BCUT2D eigenvalue weighted by atomic mass is 10.0. The molecule has 1 atom stereocenters. The van der Waals surface area contributed by atoms with Crippen molar-refractivity contribution in [1.82, 2.24) is 20.1 Å². The van der Waals surface area contributed by atoms with Crippen LogP contribution in [0.15, 0.2) is 48.8 Å². The zero-order chi connectivity index (χ0) is 18.8. The van der Waals surface area contributed by atoms with Crippen molar-refractivity contribution in [1.29, 1.82) is 0 Å². The number of hydrogen-bond donors (Lipinski definition) is 1. The molecular formula is C19H17FN4O3. The molecule has 0 spiro atoms. The van der Waals surface area contributed by atoms with Crippen LogP contribution in [0.2, 0.25) is 0 Å². The number of ether oxygens (including phenoxy) is 2. The van der Waals surface area contributed by atoms with Crippen LogP contribution in [-0.4, -0.2) is 34.6 Å². The Morgan fingerprint density at radius 2 is 2.22 bits per heavy atom.